The number of hydrogen-bond acceptors (Lipinski definition) is 4. The lowest BCUT2D eigenvalue weighted by atomic mass is 10.1. The second kappa shape index (κ2) is 6.64. The molecule has 1 atom stereocenters. The van der Waals surface area contributed by atoms with E-state index >= 15 is 0 Å². The number of aromatic nitrogens is 2. The van der Waals surface area contributed by atoms with Crippen LogP contribution in [-0.4, -0.2) is 40.5 Å². The van der Waals surface area contributed by atoms with Gasteiger partial charge in [-0.25, -0.2) is 14.8 Å². The van der Waals surface area contributed by atoms with Crippen LogP contribution < -0.4 is 10.2 Å². The van der Waals surface area contributed by atoms with Crippen LogP contribution in [0.15, 0.2) is 42.9 Å². The normalized spacial score (nSPS) is 17.4. The van der Waals surface area contributed by atoms with Crippen LogP contribution >= 0.6 is 0 Å². The maximum atomic E-state index is 12.7. The van der Waals surface area contributed by atoms with Gasteiger partial charge in [-0.3, -0.25) is 5.32 Å². The lowest BCUT2D eigenvalue weighted by molar-refractivity contribution is 0.185. The van der Waals surface area contributed by atoms with E-state index in [9.17, 15) is 4.79 Å². The van der Waals surface area contributed by atoms with Crippen molar-refractivity contribution in [1.82, 2.24) is 14.9 Å². The molecule has 2 heterocycles. The highest BCUT2D eigenvalue weighted by Crippen LogP contribution is 2.27. The molecule has 1 aromatic heterocycles. The minimum absolute atomic E-state index is 0.124. The van der Waals surface area contributed by atoms with E-state index < -0.39 is 0 Å². The quantitative estimate of drug-likeness (QED) is 0.926. The molecule has 1 aromatic carbocycles. The predicted molar refractivity (Wildman–Crippen MR) is 90.4 cm³/mol. The molecule has 2 amide bonds. The molecule has 1 aliphatic rings. The number of benzene rings is 1. The zero-order valence-electron chi connectivity index (χ0n) is 13.4. The molecule has 0 saturated heterocycles. The average Bonchev–Trinajstić information content (AvgIpc) is 2.72. The fraction of sp³-hybridized carbons (Fsp3) is 0.353. The van der Waals surface area contributed by atoms with Crippen molar-refractivity contribution in [3.05, 3.63) is 48.4 Å². The molecule has 6 heteroatoms. The van der Waals surface area contributed by atoms with Crippen molar-refractivity contribution in [2.45, 2.75) is 25.9 Å². The number of nitrogens with one attached hydrogen (secondary N) is 1. The van der Waals surface area contributed by atoms with E-state index in [-0.39, 0.29) is 12.1 Å². The molecule has 0 spiro atoms. The Morgan fingerprint density at radius 2 is 2.17 bits per heavy atom. The Morgan fingerprint density at radius 3 is 2.91 bits per heavy atom. The molecule has 120 valence electrons. The fourth-order valence-corrected chi connectivity index (χ4v) is 2.98. The molecule has 0 radical (unpaired) electrons. The SMILES string of the molecule is CCC1CN(C)c2ccccc2CN1C(=O)Nc1ccncn1. The van der Waals surface area contributed by atoms with Gasteiger partial charge in [0.25, 0.3) is 0 Å². The molecule has 2 aromatic rings. The molecule has 0 aliphatic carbocycles. The van der Waals surface area contributed by atoms with Gasteiger partial charge >= 0.3 is 6.03 Å². The summed E-state index contributed by atoms with van der Waals surface area (Å²) in [5.74, 6) is 0.519. The number of nitrogens with zero attached hydrogens (tertiary/aromatic N) is 4. The lowest BCUT2D eigenvalue weighted by Crippen LogP contribution is -2.45. The number of para-hydroxylation sites is 1. The maximum Gasteiger partial charge on any atom is 0.323 e. The van der Waals surface area contributed by atoms with Crippen molar-refractivity contribution in [3.8, 4) is 0 Å². The first-order valence-electron chi connectivity index (χ1n) is 7.81. The molecule has 0 fully saturated rings. The van der Waals surface area contributed by atoms with E-state index in [0.29, 0.717) is 12.4 Å². The Hall–Kier alpha value is -2.63. The first-order chi connectivity index (χ1) is 11.2. The fourth-order valence-electron chi connectivity index (χ4n) is 2.98. The van der Waals surface area contributed by atoms with Crippen LogP contribution in [0.1, 0.15) is 18.9 Å². The zero-order chi connectivity index (χ0) is 16.2. The summed E-state index contributed by atoms with van der Waals surface area (Å²) in [6.07, 6.45) is 3.94. The molecule has 1 unspecified atom stereocenters. The number of urea groups is 1. The number of rotatable bonds is 2. The Morgan fingerprint density at radius 1 is 1.35 bits per heavy atom. The van der Waals surface area contributed by atoms with Crippen LogP contribution in [0.2, 0.25) is 0 Å². The Bertz CT molecular complexity index is 676. The molecule has 1 aliphatic heterocycles. The summed E-state index contributed by atoms with van der Waals surface area (Å²) in [5, 5.41) is 2.87. The Labute approximate surface area is 136 Å². The average molecular weight is 311 g/mol. The van der Waals surface area contributed by atoms with Crippen molar-refractivity contribution < 1.29 is 4.79 Å². The van der Waals surface area contributed by atoms with Crippen molar-refractivity contribution >= 4 is 17.5 Å². The third-order valence-corrected chi connectivity index (χ3v) is 4.22. The summed E-state index contributed by atoms with van der Waals surface area (Å²) in [5.41, 5.74) is 2.34. The van der Waals surface area contributed by atoms with Crippen LogP contribution in [0.25, 0.3) is 0 Å². The Balaban J connectivity index is 1.86. The number of anilines is 2. The highest BCUT2D eigenvalue weighted by atomic mass is 16.2. The number of carbonyl (C=O) groups is 1. The van der Waals surface area contributed by atoms with Gasteiger partial charge in [0.15, 0.2) is 0 Å². The van der Waals surface area contributed by atoms with Crippen LogP contribution in [0.4, 0.5) is 16.3 Å². The van der Waals surface area contributed by atoms with E-state index in [1.165, 1.54) is 12.0 Å². The predicted octanol–water partition coefficient (Wildman–Crippen LogP) is 2.74. The van der Waals surface area contributed by atoms with Gasteiger partial charge in [0.1, 0.15) is 12.1 Å². The van der Waals surface area contributed by atoms with Gasteiger partial charge in [-0.05, 0) is 24.1 Å². The van der Waals surface area contributed by atoms with Crippen LogP contribution in [0.3, 0.4) is 0 Å². The van der Waals surface area contributed by atoms with Crippen molar-refractivity contribution in [3.63, 3.8) is 0 Å². The first kappa shape index (κ1) is 15.3. The number of likely N-dealkylation sites (N-methyl/N-ethyl adjacent to an activating group) is 1. The Kier molecular flexibility index (Phi) is 4.41. The summed E-state index contributed by atoms with van der Waals surface area (Å²) < 4.78 is 0. The van der Waals surface area contributed by atoms with E-state index in [4.69, 9.17) is 0 Å². The van der Waals surface area contributed by atoms with Gasteiger partial charge in [-0.1, -0.05) is 25.1 Å². The summed E-state index contributed by atoms with van der Waals surface area (Å²) in [7, 11) is 2.08. The van der Waals surface area contributed by atoms with Crippen LogP contribution in [0.5, 0.6) is 0 Å². The molecule has 23 heavy (non-hydrogen) atoms. The monoisotopic (exact) mass is 311 g/mol. The second-order valence-corrected chi connectivity index (χ2v) is 5.72. The van der Waals surface area contributed by atoms with Gasteiger partial charge in [-0.2, -0.15) is 0 Å². The number of carbonyl (C=O) groups excluding carboxylic acids is 1. The summed E-state index contributed by atoms with van der Waals surface area (Å²) in [4.78, 5) is 24.8. The first-order valence-corrected chi connectivity index (χ1v) is 7.81. The van der Waals surface area contributed by atoms with E-state index in [1.54, 1.807) is 12.3 Å². The third kappa shape index (κ3) is 3.26. The highest BCUT2D eigenvalue weighted by molar-refractivity contribution is 5.88. The smallest absolute Gasteiger partial charge is 0.323 e. The summed E-state index contributed by atoms with van der Waals surface area (Å²) in [6, 6.07) is 9.95. The lowest BCUT2D eigenvalue weighted by Gasteiger charge is -2.30. The number of amides is 2. The minimum atomic E-state index is -0.124. The number of fused-ring (bicyclic) bond motifs is 1. The van der Waals surface area contributed by atoms with E-state index in [0.717, 1.165) is 18.5 Å². The molecule has 0 bridgehead atoms. The minimum Gasteiger partial charge on any atom is -0.372 e. The van der Waals surface area contributed by atoms with Gasteiger partial charge in [0.05, 0.1) is 6.04 Å². The molecule has 0 saturated carbocycles. The van der Waals surface area contributed by atoms with Gasteiger partial charge in [0.2, 0.25) is 0 Å². The standard InChI is InChI=1S/C17H21N5O/c1-3-14-11-21(2)15-7-5-4-6-13(15)10-22(14)17(23)20-16-8-9-18-12-19-16/h4-9,12,14H,3,10-11H2,1-2H3,(H,18,19,20,23). The van der Waals surface area contributed by atoms with E-state index in [2.05, 4.69) is 46.3 Å². The highest BCUT2D eigenvalue weighted by Gasteiger charge is 2.28. The van der Waals surface area contributed by atoms with Crippen molar-refractivity contribution in [2.24, 2.45) is 0 Å². The van der Waals surface area contributed by atoms with Gasteiger partial charge in [0, 0.05) is 32.0 Å². The molecular formula is C17H21N5O. The van der Waals surface area contributed by atoms with Gasteiger partial charge in [-0.15, -0.1) is 0 Å². The van der Waals surface area contributed by atoms with Gasteiger partial charge < -0.3 is 9.80 Å². The third-order valence-electron chi connectivity index (χ3n) is 4.22. The molecule has 6 nitrogen and oxygen atoms in total. The molecule has 1 N–H and O–H groups in total. The topological polar surface area (TPSA) is 61.4 Å². The zero-order valence-corrected chi connectivity index (χ0v) is 13.4. The second-order valence-electron chi connectivity index (χ2n) is 5.72. The molecule has 3 rings (SSSR count). The van der Waals surface area contributed by atoms with Crippen molar-refractivity contribution in [1.29, 1.82) is 0 Å². The maximum absolute atomic E-state index is 12.7. The van der Waals surface area contributed by atoms with Crippen molar-refractivity contribution in [2.75, 3.05) is 23.8 Å². The largest absolute Gasteiger partial charge is 0.372 e. The summed E-state index contributed by atoms with van der Waals surface area (Å²) in [6.45, 7) is 3.51. The number of hydrogen-bond donors (Lipinski definition) is 1. The van der Waals surface area contributed by atoms with E-state index in [1.807, 2.05) is 17.0 Å². The molecular weight excluding hydrogens is 290 g/mol. The summed E-state index contributed by atoms with van der Waals surface area (Å²) >= 11 is 0. The van der Waals surface area contributed by atoms with Crippen LogP contribution in [0, 0.1) is 0 Å². The van der Waals surface area contributed by atoms with Crippen LogP contribution in [-0.2, 0) is 6.54 Å².